The molecule has 3 aliphatic rings. The van der Waals surface area contributed by atoms with E-state index in [4.69, 9.17) is 4.74 Å². The van der Waals surface area contributed by atoms with Crippen molar-refractivity contribution in [2.24, 2.45) is 11.3 Å². The van der Waals surface area contributed by atoms with Crippen molar-refractivity contribution in [2.75, 3.05) is 19.7 Å². The van der Waals surface area contributed by atoms with E-state index in [1.165, 1.54) is 12.1 Å². The van der Waals surface area contributed by atoms with Gasteiger partial charge in [-0.05, 0) is 49.3 Å². The van der Waals surface area contributed by atoms with Gasteiger partial charge in [-0.2, -0.15) is 0 Å². The summed E-state index contributed by atoms with van der Waals surface area (Å²) in [5.41, 5.74) is 0.139. The lowest BCUT2D eigenvalue weighted by atomic mass is 9.81. The monoisotopic (exact) mass is 376 g/mol. The number of nitrogens with zero attached hydrogens (tertiary/aromatic N) is 1. The van der Waals surface area contributed by atoms with Crippen molar-refractivity contribution >= 4 is 12.0 Å². The number of fused-ring (bicyclic) bond motifs is 1. The zero-order valence-electron chi connectivity index (χ0n) is 15.2. The SMILES string of the molecule is O=C(NC1CCOC(c2ccc(F)cc2)C1)N1C[C@@H]2CCC[C@@]2(C(=O)O)C1. The molecule has 2 N–H and O–H groups in total. The highest BCUT2D eigenvalue weighted by Gasteiger charge is 2.55. The molecule has 6 nitrogen and oxygen atoms in total. The molecular formula is C20H25FN2O4. The second kappa shape index (κ2) is 7.11. The molecule has 2 amide bonds. The Morgan fingerprint density at radius 2 is 2.04 bits per heavy atom. The van der Waals surface area contributed by atoms with Crippen molar-refractivity contribution in [1.82, 2.24) is 10.2 Å². The summed E-state index contributed by atoms with van der Waals surface area (Å²) in [5.74, 6) is -1.00. The van der Waals surface area contributed by atoms with Gasteiger partial charge in [-0.15, -0.1) is 0 Å². The van der Waals surface area contributed by atoms with Crippen molar-refractivity contribution in [3.05, 3.63) is 35.6 Å². The zero-order chi connectivity index (χ0) is 19.0. The van der Waals surface area contributed by atoms with Crippen molar-refractivity contribution in [2.45, 2.75) is 44.2 Å². The van der Waals surface area contributed by atoms with Crippen molar-refractivity contribution in [3.8, 4) is 0 Å². The highest BCUT2D eigenvalue weighted by Crippen LogP contribution is 2.48. The van der Waals surface area contributed by atoms with Crippen molar-refractivity contribution in [1.29, 1.82) is 0 Å². The highest BCUT2D eigenvalue weighted by molar-refractivity contribution is 5.80. The first-order valence-corrected chi connectivity index (χ1v) is 9.64. The number of carbonyl (C=O) groups is 2. The number of urea groups is 1. The van der Waals surface area contributed by atoms with E-state index in [0.717, 1.165) is 18.4 Å². The topological polar surface area (TPSA) is 78.9 Å². The average Bonchev–Trinajstić information content (AvgIpc) is 3.21. The van der Waals surface area contributed by atoms with Gasteiger partial charge >= 0.3 is 12.0 Å². The summed E-state index contributed by atoms with van der Waals surface area (Å²) in [6.07, 6.45) is 3.61. The van der Waals surface area contributed by atoms with E-state index < -0.39 is 11.4 Å². The van der Waals surface area contributed by atoms with Gasteiger partial charge in [0, 0.05) is 25.7 Å². The highest BCUT2D eigenvalue weighted by atomic mass is 19.1. The molecule has 2 heterocycles. The standard InChI is InChI=1S/C20H25FN2O4/c21-15-5-3-13(4-6-15)17-10-16(7-9-27-17)22-19(26)23-11-14-2-1-8-20(14,12-23)18(24)25/h3-6,14,16-17H,1-2,7-12H2,(H,22,26)(H,24,25)/t14-,16?,17?,20+/m0/s1. The summed E-state index contributed by atoms with van der Waals surface area (Å²) < 4.78 is 18.9. The second-order valence-corrected chi connectivity index (χ2v) is 8.01. The van der Waals surface area contributed by atoms with Gasteiger partial charge in [0.05, 0.1) is 11.5 Å². The molecule has 4 rings (SSSR count). The van der Waals surface area contributed by atoms with Crippen LogP contribution < -0.4 is 5.32 Å². The molecule has 0 bridgehead atoms. The number of carboxylic acids is 1. The lowest BCUT2D eigenvalue weighted by Crippen LogP contribution is -2.47. The molecule has 7 heteroatoms. The third-order valence-corrected chi connectivity index (χ3v) is 6.44. The van der Waals surface area contributed by atoms with E-state index in [1.54, 1.807) is 17.0 Å². The van der Waals surface area contributed by atoms with Crippen LogP contribution >= 0.6 is 0 Å². The number of ether oxygens (including phenoxy) is 1. The Morgan fingerprint density at radius 3 is 2.74 bits per heavy atom. The molecular weight excluding hydrogens is 351 g/mol. The fourth-order valence-corrected chi connectivity index (χ4v) is 4.90. The van der Waals surface area contributed by atoms with Gasteiger partial charge < -0.3 is 20.1 Å². The lowest BCUT2D eigenvalue weighted by molar-refractivity contribution is -0.149. The van der Waals surface area contributed by atoms with E-state index in [0.29, 0.717) is 39.0 Å². The molecule has 0 aromatic heterocycles. The molecule has 27 heavy (non-hydrogen) atoms. The Bertz CT molecular complexity index is 725. The number of benzene rings is 1. The fourth-order valence-electron chi connectivity index (χ4n) is 4.90. The van der Waals surface area contributed by atoms with Crippen molar-refractivity contribution in [3.63, 3.8) is 0 Å². The Hall–Kier alpha value is -2.15. The van der Waals surface area contributed by atoms with Crippen LogP contribution in [0.1, 0.15) is 43.8 Å². The first-order valence-electron chi connectivity index (χ1n) is 9.64. The average molecular weight is 376 g/mol. The van der Waals surface area contributed by atoms with Gasteiger partial charge in [0.1, 0.15) is 5.82 Å². The van der Waals surface area contributed by atoms with Crippen LogP contribution in [0, 0.1) is 17.2 Å². The van der Waals surface area contributed by atoms with Crippen LogP contribution in [-0.2, 0) is 9.53 Å². The lowest BCUT2D eigenvalue weighted by Gasteiger charge is -2.32. The van der Waals surface area contributed by atoms with Crippen molar-refractivity contribution < 1.29 is 23.8 Å². The Kier molecular flexibility index (Phi) is 4.80. The third kappa shape index (κ3) is 3.40. The molecule has 0 spiro atoms. The normalized spacial score (nSPS) is 32.9. The molecule has 2 aliphatic heterocycles. The van der Waals surface area contributed by atoms with Crippen LogP contribution in [0.5, 0.6) is 0 Å². The number of amides is 2. The summed E-state index contributed by atoms with van der Waals surface area (Å²) >= 11 is 0. The summed E-state index contributed by atoms with van der Waals surface area (Å²) in [4.78, 5) is 26.2. The molecule has 3 fully saturated rings. The maximum atomic E-state index is 13.1. The molecule has 1 aromatic rings. The van der Waals surface area contributed by atoms with Gasteiger partial charge in [-0.1, -0.05) is 18.6 Å². The van der Waals surface area contributed by atoms with Gasteiger partial charge in [0.25, 0.3) is 0 Å². The maximum absolute atomic E-state index is 13.1. The molecule has 2 saturated heterocycles. The zero-order valence-corrected chi connectivity index (χ0v) is 15.2. The number of carboxylic acid groups (broad SMARTS) is 1. The molecule has 146 valence electrons. The van der Waals surface area contributed by atoms with Crippen LogP contribution in [-0.4, -0.2) is 47.7 Å². The van der Waals surface area contributed by atoms with E-state index >= 15 is 0 Å². The quantitative estimate of drug-likeness (QED) is 0.850. The van der Waals surface area contributed by atoms with Gasteiger partial charge in [0.2, 0.25) is 0 Å². The van der Waals surface area contributed by atoms with Gasteiger partial charge in [-0.3, -0.25) is 4.79 Å². The van der Waals surface area contributed by atoms with Gasteiger partial charge in [0.15, 0.2) is 0 Å². The number of nitrogens with one attached hydrogen (secondary N) is 1. The maximum Gasteiger partial charge on any atom is 0.317 e. The van der Waals surface area contributed by atoms with Crippen LogP contribution in [0.25, 0.3) is 0 Å². The smallest absolute Gasteiger partial charge is 0.317 e. The van der Waals surface area contributed by atoms with E-state index in [2.05, 4.69) is 5.32 Å². The van der Waals surface area contributed by atoms with E-state index in [1.807, 2.05) is 0 Å². The number of halogens is 1. The summed E-state index contributed by atoms with van der Waals surface area (Å²) in [6, 6.07) is 6.02. The minimum atomic E-state index is -0.775. The summed E-state index contributed by atoms with van der Waals surface area (Å²) in [6.45, 7) is 1.33. The number of rotatable bonds is 3. The Labute approximate surface area is 157 Å². The van der Waals surface area contributed by atoms with Crippen LogP contribution in [0.15, 0.2) is 24.3 Å². The molecule has 4 atom stereocenters. The first kappa shape index (κ1) is 18.2. The van der Waals surface area contributed by atoms with Crippen LogP contribution in [0.2, 0.25) is 0 Å². The number of likely N-dealkylation sites (tertiary alicyclic amines) is 1. The molecule has 1 aromatic carbocycles. The number of carbonyl (C=O) groups excluding carboxylic acids is 1. The second-order valence-electron chi connectivity index (χ2n) is 8.01. The molecule has 1 aliphatic carbocycles. The first-order chi connectivity index (χ1) is 13.0. The van der Waals surface area contributed by atoms with E-state index in [9.17, 15) is 19.1 Å². The number of hydrogen-bond donors (Lipinski definition) is 2. The number of hydrogen-bond acceptors (Lipinski definition) is 3. The third-order valence-electron chi connectivity index (χ3n) is 6.44. The minimum Gasteiger partial charge on any atom is -0.481 e. The minimum absolute atomic E-state index is 0.0393. The predicted octanol–water partition coefficient (Wildman–Crippen LogP) is 2.94. The molecule has 2 unspecified atom stereocenters. The predicted molar refractivity (Wildman–Crippen MR) is 95.6 cm³/mol. The fraction of sp³-hybridized carbons (Fsp3) is 0.600. The Morgan fingerprint density at radius 1 is 1.26 bits per heavy atom. The summed E-state index contributed by atoms with van der Waals surface area (Å²) in [5, 5.41) is 12.7. The molecule has 0 radical (unpaired) electrons. The molecule has 1 saturated carbocycles. The van der Waals surface area contributed by atoms with Crippen LogP contribution in [0.3, 0.4) is 0 Å². The number of aliphatic carboxylic acids is 1. The largest absolute Gasteiger partial charge is 0.481 e. The van der Waals surface area contributed by atoms with E-state index in [-0.39, 0.29) is 29.9 Å². The van der Waals surface area contributed by atoms with Gasteiger partial charge in [-0.25, -0.2) is 9.18 Å². The Balaban J connectivity index is 1.37. The summed E-state index contributed by atoms with van der Waals surface area (Å²) in [7, 11) is 0. The van der Waals surface area contributed by atoms with Crippen LogP contribution in [0.4, 0.5) is 9.18 Å².